The molecule has 1 aromatic heterocycles. The molecule has 0 aliphatic carbocycles. The van der Waals surface area contributed by atoms with E-state index in [1.807, 2.05) is 6.92 Å². The van der Waals surface area contributed by atoms with Gasteiger partial charge in [0.1, 0.15) is 9.84 Å². The monoisotopic (exact) mass is 262 g/mol. The number of anilines is 1. The Kier molecular flexibility index (Phi) is 4.88. The van der Waals surface area contributed by atoms with Crippen LogP contribution in [-0.4, -0.2) is 50.8 Å². The summed E-state index contributed by atoms with van der Waals surface area (Å²) < 4.78 is 27.4. The molecule has 0 saturated carbocycles. The highest BCUT2D eigenvalue weighted by Gasteiger charge is 2.12. The van der Waals surface area contributed by atoms with Crippen LogP contribution < -0.4 is 10.2 Å². The minimum atomic E-state index is -2.98. The Balaban J connectivity index is 2.51. The maximum atomic E-state index is 11.0. The van der Waals surface area contributed by atoms with Crippen molar-refractivity contribution in [3.63, 3.8) is 0 Å². The first-order valence-electron chi connectivity index (χ1n) is 5.34. The molecular weight excluding hydrogens is 244 g/mol. The van der Waals surface area contributed by atoms with E-state index in [1.54, 1.807) is 11.9 Å². The normalized spacial score (nSPS) is 11.7. The summed E-state index contributed by atoms with van der Waals surface area (Å²) in [5, 5.41) is 10.8. The van der Waals surface area contributed by atoms with E-state index in [0.717, 1.165) is 6.54 Å². The highest BCUT2D eigenvalue weighted by molar-refractivity contribution is 7.90. The second-order valence-electron chi connectivity index (χ2n) is 3.81. The average molecular weight is 262 g/mol. The SMILES string of the molecule is CCNCc1nnc(N(C)CCS(C)(=O)=O)o1. The van der Waals surface area contributed by atoms with Crippen LogP contribution >= 0.6 is 0 Å². The lowest BCUT2D eigenvalue weighted by molar-refractivity contribution is 0.470. The lowest BCUT2D eigenvalue weighted by atomic mass is 10.6. The predicted octanol–water partition coefficient (Wildman–Crippen LogP) is -0.340. The van der Waals surface area contributed by atoms with E-state index in [2.05, 4.69) is 15.5 Å². The Morgan fingerprint density at radius 2 is 2.12 bits per heavy atom. The van der Waals surface area contributed by atoms with Gasteiger partial charge in [0, 0.05) is 19.8 Å². The van der Waals surface area contributed by atoms with Crippen LogP contribution in [0.2, 0.25) is 0 Å². The van der Waals surface area contributed by atoms with Crippen LogP contribution in [0.25, 0.3) is 0 Å². The molecule has 0 amide bonds. The van der Waals surface area contributed by atoms with Gasteiger partial charge in [0.05, 0.1) is 12.3 Å². The van der Waals surface area contributed by atoms with Crippen LogP contribution in [0, 0.1) is 0 Å². The smallest absolute Gasteiger partial charge is 0.317 e. The molecule has 0 radical (unpaired) electrons. The van der Waals surface area contributed by atoms with E-state index in [4.69, 9.17) is 4.42 Å². The third kappa shape index (κ3) is 5.14. The average Bonchev–Trinajstić information content (AvgIpc) is 2.70. The zero-order chi connectivity index (χ0) is 12.9. The van der Waals surface area contributed by atoms with Crippen molar-refractivity contribution >= 4 is 15.9 Å². The maximum absolute atomic E-state index is 11.0. The summed E-state index contributed by atoms with van der Waals surface area (Å²) in [5.74, 6) is 0.557. The van der Waals surface area contributed by atoms with Gasteiger partial charge in [-0.1, -0.05) is 12.0 Å². The lowest BCUT2D eigenvalue weighted by Gasteiger charge is -2.12. The third-order valence-corrected chi connectivity index (χ3v) is 3.03. The summed E-state index contributed by atoms with van der Waals surface area (Å²) in [6.45, 7) is 3.65. The molecule has 0 aliphatic heterocycles. The van der Waals surface area contributed by atoms with Crippen molar-refractivity contribution in [2.24, 2.45) is 0 Å². The minimum absolute atomic E-state index is 0.0639. The number of rotatable bonds is 7. The zero-order valence-electron chi connectivity index (χ0n) is 10.3. The number of nitrogens with zero attached hydrogens (tertiary/aromatic N) is 3. The Morgan fingerprint density at radius 1 is 1.41 bits per heavy atom. The molecule has 0 fully saturated rings. The molecule has 98 valence electrons. The standard InChI is InChI=1S/C9H18N4O3S/c1-4-10-7-8-11-12-9(16-8)13(2)5-6-17(3,14)15/h10H,4-7H2,1-3H3. The first-order valence-corrected chi connectivity index (χ1v) is 7.40. The van der Waals surface area contributed by atoms with Gasteiger partial charge in [-0.3, -0.25) is 0 Å². The van der Waals surface area contributed by atoms with Crippen molar-refractivity contribution in [3.8, 4) is 0 Å². The van der Waals surface area contributed by atoms with E-state index in [-0.39, 0.29) is 5.75 Å². The van der Waals surface area contributed by atoms with Gasteiger partial charge in [-0.2, -0.15) is 0 Å². The van der Waals surface area contributed by atoms with Crippen molar-refractivity contribution in [1.82, 2.24) is 15.5 Å². The van der Waals surface area contributed by atoms with Gasteiger partial charge < -0.3 is 14.6 Å². The van der Waals surface area contributed by atoms with Crippen molar-refractivity contribution < 1.29 is 12.8 Å². The molecule has 0 spiro atoms. The lowest BCUT2D eigenvalue weighted by Crippen LogP contribution is -2.25. The van der Waals surface area contributed by atoms with Crippen LogP contribution in [0.5, 0.6) is 0 Å². The molecule has 0 bridgehead atoms. The highest BCUT2D eigenvalue weighted by atomic mass is 32.2. The number of aromatic nitrogens is 2. The number of nitrogens with one attached hydrogen (secondary N) is 1. The van der Waals surface area contributed by atoms with Gasteiger partial charge in [0.15, 0.2) is 0 Å². The van der Waals surface area contributed by atoms with Crippen molar-refractivity contribution in [3.05, 3.63) is 5.89 Å². The first kappa shape index (κ1) is 13.9. The van der Waals surface area contributed by atoms with E-state index in [9.17, 15) is 8.42 Å². The quantitative estimate of drug-likeness (QED) is 0.719. The van der Waals surface area contributed by atoms with Gasteiger partial charge in [-0.15, -0.1) is 5.10 Å². The van der Waals surface area contributed by atoms with Crippen molar-refractivity contribution in [2.75, 3.05) is 37.0 Å². The summed E-state index contributed by atoms with van der Waals surface area (Å²) in [6, 6.07) is 0.335. The molecule has 1 N–H and O–H groups in total. The molecule has 1 rings (SSSR count). The van der Waals surface area contributed by atoms with Crippen LogP contribution in [-0.2, 0) is 16.4 Å². The zero-order valence-corrected chi connectivity index (χ0v) is 11.1. The molecule has 17 heavy (non-hydrogen) atoms. The number of sulfone groups is 1. The van der Waals surface area contributed by atoms with Gasteiger partial charge in [0.2, 0.25) is 5.89 Å². The molecule has 0 saturated heterocycles. The minimum Gasteiger partial charge on any atom is -0.407 e. The van der Waals surface area contributed by atoms with E-state index >= 15 is 0 Å². The number of hydrogen-bond donors (Lipinski definition) is 1. The fourth-order valence-electron chi connectivity index (χ4n) is 1.10. The molecule has 1 heterocycles. The second-order valence-corrected chi connectivity index (χ2v) is 6.07. The first-order chi connectivity index (χ1) is 7.92. The molecular formula is C9H18N4O3S. The number of hydrogen-bond acceptors (Lipinski definition) is 7. The Morgan fingerprint density at radius 3 is 2.71 bits per heavy atom. The van der Waals surface area contributed by atoms with E-state index < -0.39 is 9.84 Å². The molecule has 8 heteroatoms. The summed E-state index contributed by atoms with van der Waals surface area (Å²) >= 11 is 0. The molecule has 1 aromatic rings. The largest absolute Gasteiger partial charge is 0.407 e. The Bertz CT molecular complexity index is 443. The Hall–Kier alpha value is -1.15. The summed E-state index contributed by atoms with van der Waals surface area (Å²) in [6.07, 6.45) is 1.20. The molecule has 0 unspecified atom stereocenters. The summed E-state index contributed by atoms with van der Waals surface area (Å²) in [7, 11) is -1.26. The van der Waals surface area contributed by atoms with Gasteiger partial charge in [-0.25, -0.2) is 8.42 Å². The fourth-order valence-corrected chi connectivity index (χ4v) is 1.71. The van der Waals surface area contributed by atoms with E-state index in [0.29, 0.717) is 25.0 Å². The topological polar surface area (TPSA) is 88.3 Å². The third-order valence-electron chi connectivity index (χ3n) is 2.11. The molecule has 0 atom stereocenters. The van der Waals surface area contributed by atoms with Crippen LogP contribution in [0.3, 0.4) is 0 Å². The van der Waals surface area contributed by atoms with Crippen molar-refractivity contribution in [1.29, 1.82) is 0 Å². The van der Waals surface area contributed by atoms with Gasteiger partial charge in [-0.05, 0) is 6.54 Å². The predicted molar refractivity (Wildman–Crippen MR) is 64.7 cm³/mol. The van der Waals surface area contributed by atoms with Crippen LogP contribution in [0.1, 0.15) is 12.8 Å². The molecule has 0 aromatic carbocycles. The summed E-state index contributed by atoms with van der Waals surface area (Å²) in [5.41, 5.74) is 0. The Labute approximate surface area is 101 Å². The summed E-state index contributed by atoms with van der Waals surface area (Å²) in [4.78, 5) is 1.63. The fraction of sp³-hybridized carbons (Fsp3) is 0.778. The second kappa shape index (κ2) is 5.97. The maximum Gasteiger partial charge on any atom is 0.317 e. The van der Waals surface area contributed by atoms with Gasteiger partial charge in [0.25, 0.3) is 0 Å². The van der Waals surface area contributed by atoms with Crippen LogP contribution in [0.15, 0.2) is 4.42 Å². The van der Waals surface area contributed by atoms with E-state index in [1.165, 1.54) is 6.26 Å². The van der Waals surface area contributed by atoms with Crippen molar-refractivity contribution in [2.45, 2.75) is 13.5 Å². The molecule has 7 nitrogen and oxygen atoms in total. The highest BCUT2D eigenvalue weighted by Crippen LogP contribution is 2.09. The van der Waals surface area contributed by atoms with Crippen LogP contribution in [0.4, 0.5) is 6.01 Å². The molecule has 0 aliphatic rings. The van der Waals surface area contributed by atoms with Gasteiger partial charge >= 0.3 is 6.01 Å².